The molecule has 1 unspecified atom stereocenters. The Kier molecular flexibility index (Phi) is 1.73. The van der Waals surface area contributed by atoms with Gasteiger partial charge in [0.25, 0.3) is 0 Å². The van der Waals surface area contributed by atoms with Crippen molar-refractivity contribution in [3.63, 3.8) is 0 Å². The number of anilines is 1. The molecule has 64 valence electrons. The van der Waals surface area contributed by atoms with Gasteiger partial charge in [-0.3, -0.25) is 0 Å². The van der Waals surface area contributed by atoms with Crippen molar-refractivity contribution in [1.29, 1.82) is 0 Å². The predicted octanol–water partition coefficient (Wildman–Crippen LogP) is 1.44. The maximum Gasteiger partial charge on any atom is 0.146 e. The Morgan fingerprint density at radius 2 is 2.25 bits per heavy atom. The van der Waals surface area contributed by atoms with E-state index >= 15 is 0 Å². The summed E-state index contributed by atoms with van der Waals surface area (Å²) in [6, 6.07) is 5.33. The van der Waals surface area contributed by atoms with Gasteiger partial charge in [-0.1, -0.05) is 6.07 Å². The lowest BCUT2D eigenvalue weighted by Crippen LogP contribution is -2.34. The molecule has 12 heavy (non-hydrogen) atoms. The molecule has 0 spiro atoms. The number of rotatable bonds is 1. The lowest BCUT2D eigenvalue weighted by molar-refractivity contribution is 0.382. The Labute approximate surface area is 70.6 Å². The van der Waals surface area contributed by atoms with Crippen molar-refractivity contribution in [2.24, 2.45) is 0 Å². The van der Waals surface area contributed by atoms with E-state index < -0.39 is 0 Å². The number of nitrogens with two attached hydrogens (primary N) is 1. The summed E-state index contributed by atoms with van der Waals surface area (Å²) < 4.78 is 12.9. The van der Waals surface area contributed by atoms with Crippen LogP contribution in [-0.4, -0.2) is 6.54 Å². The van der Waals surface area contributed by atoms with Crippen molar-refractivity contribution in [3.05, 3.63) is 29.6 Å². The van der Waals surface area contributed by atoms with E-state index in [1.165, 1.54) is 6.07 Å². The molecule has 0 aromatic heterocycles. The van der Waals surface area contributed by atoms with E-state index in [-0.39, 0.29) is 11.5 Å². The van der Waals surface area contributed by atoms with Crippen LogP contribution in [0.2, 0.25) is 0 Å². The van der Waals surface area contributed by atoms with Gasteiger partial charge in [-0.2, -0.15) is 0 Å². The average Bonchev–Trinajstić information content (AvgIpc) is 1.93. The van der Waals surface area contributed by atoms with Crippen molar-refractivity contribution < 1.29 is 4.39 Å². The molecule has 2 nitrogen and oxygen atoms in total. The fourth-order valence-corrected chi connectivity index (χ4v) is 1.33. The molecule has 1 aromatic rings. The summed E-state index contributed by atoms with van der Waals surface area (Å²) in [5.74, 6) is -0.318. The number of nitrogens with one attached hydrogen (secondary N) is 1. The molecule has 1 aromatic carbocycles. The molecule has 1 saturated heterocycles. The fourth-order valence-electron chi connectivity index (χ4n) is 1.33. The molecular weight excluding hydrogens is 155 g/mol. The zero-order valence-electron chi connectivity index (χ0n) is 6.68. The lowest BCUT2D eigenvalue weighted by Gasteiger charge is -2.28. The van der Waals surface area contributed by atoms with Gasteiger partial charge in [0.05, 0.1) is 5.69 Å². The Bertz CT molecular complexity index is 295. The van der Waals surface area contributed by atoms with Crippen LogP contribution in [0.1, 0.15) is 18.0 Å². The molecule has 1 fully saturated rings. The quantitative estimate of drug-likeness (QED) is 0.619. The van der Waals surface area contributed by atoms with Gasteiger partial charge in [0.15, 0.2) is 0 Å². The van der Waals surface area contributed by atoms with Crippen LogP contribution in [0.3, 0.4) is 0 Å². The molecule has 3 N–H and O–H groups in total. The Balaban J connectivity index is 2.27. The molecule has 1 atom stereocenters. The van der Waals surface area contributed by atoms with Crippen LogP contribution in [0, 0.1) is 5.82 Å². The standard InChI is InChI=1S/C9H11FN2/c10-7-5-6(1-2-8(7)11)9-3-4-12-9/h1-2,5,9,12H,3-4,11H2. The lowest BCUT2D eigenvalue weighted by atomic mass is 9.98. The van der Waals surface area contributed by atoms with Gasteiger partial charge >= 0.3 is 0 Å². The summed E-state index contributed by atoms with van der Waals surface area (Å²) in [7, 11) is 0. The van der Waals surface area contributed by atoms with Gasteiger partial charge in [-0.15, -0.1) is 0 Å². The van der Waals surface area contributed by atoms with E-state index in [9.17, 15) is 4.39 Å². The van der Waals surface area contributed by atoms with Crippen LogP contribution in [-0.2, 0) is 0 Å². The van der Waals surface area contributed by atoms with Crippen molar-refractivity contribution in [2.45, 2.75) is 12.5 Å². The first kappa shape index (κ1) is 7.55. The third-order valence-corrected chi connectivity index (χ3v) is 2.25. The van der Waals surface area contributed by atoms with E-state index in [4.69, 9.17) is 5.73 Å². The zero-order chi connectivity index (χ0) is 8.55. The van der Waals surface area contributed by atoms with E-state index in [0.29, 0.717) is 6.04 Å². The molecule has 1 aliphatic heterocycles. The fraction of sp³-hybridized carbons (Fsp3) is 0.333. The maximum atomic E-state index is 12.9. The van der Waals surface area contributed by atoms with Gasteiger partial charge in [0.2, 0.25) is 0 Å². The Morgan fingerprint density at radius 3 is 2.75 bits per heavy atom. The number of halogens is 1. The second-order valence-corrected chi connectivity index (χ2v) is 3.08. The van der Waals surface area contributed by atoms with E-state index in [0.717, 1.165) is 18.5 Å². The highest BCUT2D eigenvalue weighted by atomic mass is 19.1. The molecule has 3 heteroatoms. The molecule has 0 saturated carbocycles. The highest BCUT2D eigenvalue weighted by Gasteiger charge is 2.18. The van der Waals surface area contributed by atoms with E-state index in [1.807, 2.05) is 6.07 Å². The monoisotopic (exact) mass is 166 g/mol. The van der Waals surface area contributed by atoms with Gasteiger partial charge in [-0.25, -0.2) is 4.39 Å². The van der Waals surface area contributed by atoms with Gasteiger partial charge in [0.1, 0.15) is 5.82 Å². The summed E-state index contributed by atoms with van der Waals surface area (Å²) >= 11 is 0. The van der Waals surface area contributed by atoms with Crippen LogP contribution in [0.25, 0.3) is 0 Å². The van der Waals surface area contributed by atoms with E-state index in [2.05, 4.69) is 5.32 Å². The minimum atomic E-state index is -0.318. The first-order valence-corrected chi connectivity index (χ1v) is 4.05. The first-order chi connectivity index (χ1) is 5.77. The van der Waals surface area contributed by atoms with Gasteiger partial charge < -0.3 is 11.1 Å². The normalized spacial score (nSPS) is 21.9. The highest BCUT2D eigenvalue weighted by molar-refractivity contribution is 5.42. The summed E-state index contributed by atoms with van der Waals surface area (Å²) in [5.41, 5.74) is 6.57. The van der Waals surface area contributed by atoms with Crippen LogP contribution in [0.5, 0.6) is 0 Å². The summed E-state index contributed by atoms with van der Waals surface area (Å²) in [6.07, 6.45) is 1.09. The molecular formula is C9H11FN2. The van der Waals surface area contributed by atoms with E-state index in [1.54, 1.807) is 6.07 Å². The van der Waals surface area contributed by atoms with Crippen molar-refractivity contribution >= 4 is 5.69 Å². The number of nitrogen functional groups attached to an aromatic ring is 1. The number of benzene rings is 1. The van der Waals surface area contributed by atoms with Crippen molar-refractivity contribution in [2.75, 3.05) is 12.3 Å². The largest absolute Gasteiger partial charge is 0.396 e. The van der Waals surface area contributed by atoms with Gasteiger partial charge in [0, 0.05) is 6.04 Å². The second-order valence-electron chi connectivity index (χ2n) is 3.08. The average molecular weight is 166 g/mol. The predicted molar refractivity (Wildman–Crippen MR) is 46.2 cm³/mol. The summed E-state index contributed by atoms with van der Waals surface area (Å²) in [4.78, 5) is 0. The number of hydrogen-bond donors (Lipinski definition) is 2. The van der Waals surface area contributed by atoms with Crippen LogP contribution >= 0.6 is 0 Å². The Morgan fingerprint density at radius 1 is 1.50 bits per heavy atom. The smallest absolute Gasteiger partial charge is 0.146 e. The molecule has 0 amide bonds. The maximum absolute atomic E-state index is 12.9. The van der Waals surface area contributed by atoms with Crippen LogP contribution < -0.4 is 11.1 Å². The third kappa shape index (κ3) is 1.16. The Hall–Kier alpha value is -1.09. The molecule has 1 aliphatic rings. The molecule has 2 rings (SSSR count). The number of hydrogen-bond acceptors (Lipinski definition) is 2. The van der Waals surface area contributed by atoms with Crippen LogP contribution in [0.4, 0.5) is 10.1 Å². The topological polar surface area (TPSA) is 38.0 Å². The minimum Gasteiger partial charge on any atom is -0.396 e. The minimum absolute atomic E-state index is 0.220. The molecule has 1 heterocycles. The van der Waals surface area contributed by atoms with Crippen molar-refractivity contribution in [1.82, 2.24) is 5.32 Å². The SMILES string of the molecule is Nc1ccc(C2CCN2)cc1F. The second kappa shape index (κ2) is 2.75. The van der Waals surface area contributed by atoms with Crippen molar-refractivity contribution in [3.8, 4) is 0 Å². The van der Waals surface area contributed by atoms with Gasteiger partial charge in [-0.05, 0) is 30.7 Å². The zero-order valence-corrected chi connectivity index (χ0v) is 6.68. The summed E-state index contributed by atoms with van der Waals surface area (Å²) in [6.45, 7) is 1.02. The highest BCUT2D eigenvalue weighted by Crippen LogP contribution is 2.24. The molecule has 0 bridgehead atoms. The van der Waals surface area contributed by atoms with Crippen LogP contribution in [0.15, 0.2) is 18.2 Å². The molecule has 0 radical (unpaired) electrons. The first-order valence-electron chi connectivity index (χ1n) is 4.05. The molecule has 0 aliphatic carbocycles. The summed E-state index contributed by atoms with van der Waals surface area (Å²) in [5, 5.41) is 3.20. The third-order valence-electron chi connectivity index (χ3n) is 2.25.